The average Bonchev–Trinajstić information content (AvgIpc) is 3.37. The van der Waals surface area contributed by atoms with E-state index in [4.69, 9.17) is 0 Å². The first-order valence-electron chi connectivity index (χ1n) is 23.2. The number of rotatable bonds is 10. The molecule has 9 aromatic rings. The molecule has 0 atom stereocenters. The molecule has 0 amide bonds. The van der Waals surface area contributed by atoms with Crippen molar-refractivity contribution in [1.29, 1.82) is 10.5 Å². The van der Waals surface area contributed by atoms with Gasteiger partial charge in [-0.05, 0) is 115 Å². The van der Waals surface area contributed by atoms with Crippen molar-refractivity contribution in [2.75, 3.05) is 9.80 Å². The molecular formula is C64H54N4. The van der Waals surface area contributed by atoms with E-state index in [0.29, 0.717) is 16.8 Å². The van der Waals surface area contributed by atoms with E-state index in [9.17, 15) is 10.5 Å². The maximum Gasteiger partial charge on any atom is 0.103 e. The summed E-state index contributed by atoms with van der Waals surface area (Å²) in [5, 5.41) is 23.2. The Labute approximate surface area is 402 Å². The molecule has 0 saturated carbocycles. The molecule has 0 N–H and O–H groups in total. The Balaban J connectivity index is 1.41. The first-order valence-corrected chi connectivity index (χ1v) is 23.2. The monoisotopic (exact) mass is 878 g/mol. The minimum Gasteiger partial charge on any atom is -0.308 e. The molecule has 0 bridgehead atoms. The summed E-state index contributed by atoms with van der Waals surface area (Å²) in [5.41, 5.74) is 15.2. The maximum atomic E-state index is 11.8. The molecule has 0 aliphatic carbocycles. The van der Waals surface area contributed by atoms with Gasteiger partial charge in [0, 0.05) is 22.7 Å². The standard InChI is InChI=1S/C64H54N4/c1-63(2,3)59-57(43-65)58(44-66)61(67(53-35-27-49(28-36-53)45-19-11-7-12-20-45)54-37-29-50(30-38-54)46-21-13-8-14-22-46)62(60(59)64(4,5)6)68(55-39-31-51(32-40-55)47-23-15-9-16-24-47)56-41-33-52(34-42-56)48-25-17-10-18-26-48/h7-42H,1-6H3. The fourth-order valence-corrected chi connectivity index (χ4v) is 9.41. The Kier molecular flexibility index (Phi) is 12.4. The van der Waals surface area contributed by atoms with Crippen molar-refractivity contribution in [2.45, 2.75) is 52.4 Å². The fraction of sp³-hybridized carbons (Fsp3) is 0.125. The molecule has 68 heavy (non-hydrogen) atoms. The van der Waals surface area contributed by atoms with Crippen LogP contribution in [-0.4, -0.2) is 0 Å². The molecule has 4 nitrogen and oxygen atoms in total. The van der Waals surface area contributed by atoms with E-state index >= 15 is 0 Å². The van der Waals surface area contributed by atoms with Crippen molar-refractivity contribution in [3.63, 3.8) is 0 Å². The number of nitrogens with zero attached hydrogens (tertiary/aromatic N) is 4. The molecule has 0 radical (unpaired) electrons. The van der Waals surface area contributed by atoms with Gasteiger partial charge in [-0.2, -0.15) is 10.5 Å². The summed E-state index contributed by atoms with van der Waals surface area (Å²) < 4.78 is 0. The second-order valence-corrected chi connectivity index (χ2v) is 19.2. The third-order valence-corrected chi connectivity index (χ3v) is 12.5. The molecule has 9 rings (SSSR count). The van der Waals surface area contributed by atoms with Crippen LogP contribution in [0.1, 0.15) is 63.8 Å². The lowest BCUT2D eigenvalue weighted by Gasteiger charge is -2.41. The third kappa shape index (κ3) is 8.93. The highest BCUT2D eigenvalue weighted by atomic mass is 15.2. The van der Waals surface area contributed by atoms with Gasteiger partial charge in [0.1, 0.15) is 12.1 Å². The molecule has 0 fully saturated rings. The highest BCUT2D eigenvalue weighted by Crippen LogP contribution is 2.56. The first-order chi connectivity index (χ1) is 32.9. The van der Waals surface area contributed by atoms with E-state index in [-0.39, 0.29) is 0 Å². The van der Waals surface area contributed by atoms with Gasteiger partial charge in [0.05, 0.1) is 22.5 Å². The maximum absolute atomic E-state index is 11.8. The Bertz CT molecular complexity index is 3080. The number of hydrogen-bond donors (Lipinski definition) is 0. The van der Waals surface area contributed by atoms with E-state index in [1.807, 2.05) is 24.3 Å². The van der Waals surface area contributed by atoms with Gasteiger partial charge in [0.15, 0.2) is 0 Å². The number of hydrogen-bond acceptors (Lipinski definition) is 4. The second kappa shape index (κ2) is 18.8. The van der Waals surface area contributed by atoms with Gasteiger partial charge in [0.2, 0.25) is 0 Å². The minimum absolute atomic E-state index is 0.312. The zero-order valence-corrected chi connectivity index (χ0v) is 39.6. The number of nitriles is 2. The lowest BCUT2D eigenvalue weighted by atomic mass is 9.70. The van der Waals surface area contributed by atoms with Gasteiger partial charge >= 0.3 is 0 Å². The van der Waals surface area contributed by atoms with E-state index in [0.717, 1.165) is 84.1 Å². The van der Waals surface area contributed by atoms with E-state index in [1.165, 1.54) is 0 Å². The van der Waals surface area contributed by atoms with Crippen LogP contribution >= 0.6 is 0 Å². The van der Waals surface area contributed by atoms with Gasteiger partial charge < -0.3 is 9.80 Å². The molecule has 0 unspecified atom stereocenters. The molecule has 0 aliphatic rings. The molecule has 0 spiro atoms. The molecule has 0 aliphatic heterocycles. The van der Waals surface area contributed by atoms with Crippen LogP contribution in [0.4, 0.5) is 34.1 Å². The van der Waals surface area contributed by atoms with Gasteiger partial charge in [-0.3, -0.25) is 0 Å². The predicted molar refractivity (Wildman–Crippen MR) is 284 cm³/mol. The van der Waals surface area contributed by atoms with Crippen LogP contribution in [0, 0.1) is 22.7 Å². The van der Waals surface area contributed by atoms with E-state index < -0.39 is 10.8 Å². The summed E-state index contributed by atoms with van der Waals surface area (Å²) in [4.78, 5) is 4.52. The Morgan fingerprint density at radius 1 is 0.279 bits per heavy atom. The summed E-state index contributed by atoms with van der Waals surface area (Å²) in [6.07, 6.45) is 0. The second-order valence-electron chi connectivity index (χ2n) is 19.2. The highest BCUT2D eigenvalue weighted by Gasteiger charge is 2.40. The Morgan fingerprint density at radius 2 is 0.515 bits per heavy atom. The average molecular weight is 879 g/mol. The number of anilines is 6. The lowest BCUT2D eigenvalue weighted by molar-refractivity contribution is 0.529. The summed E-state index contributed by atoms with van der Waals surface area (Å²) in [7, 11) is 0. The van der Waals surface area contributed by atoms with Crippen molar-refractivity contribution < 1.29 is 0 Å². The van der Waals surface area contributed by atoms with Crippen molar-refractivity contribution >= 4 is 34.1 Å². The van der Waals surface area contributed by atoms with E-state index in [1.54, 1.807) is 0 Å². The molecule has 0 aromatic heterocycles. The lowest BCUT2D eigenvalue weighted by Crippen LogP contribution is -2.30. The zero-order valence-electron chi connectivity index (χ0n) is 39.6. The molecule has 0 saturated heterocycles. The van der Waals surface area contributed by atoms with Crippen LogP contribution in [0.3, 0.4) is 0 Å². The normalized spacial score (nSPS) is 11.4. The summed E-state index contributed by atoms with van der Waals surface area (Å²) in [5.74, 6) is 0. The molecule has 4 heteroatoms. The smallest absolute Gasteiger partial charge is 0.103 e. The zero-order chi connectivity index (χ0) is 47.4. The van der Waals surface area contributed by atoms with Gasteiger partial charge in [-0.15, -0.1) is 0 Å². The highest BCUT2D eigenvalue weighted by molar-refractivity contribution is 5.99. The molecule has 330 valence electrons. The Hall–Kier alpha value is -8.44. The number of benzene rings is 9. The Morgan fingerprint density at radius 3 is 0.750 bits per heavy atom. The fourth-order valence-electron chi connectivity index (χ4n) is 9.41. The van der Waals surface area contributed by atoms with Crippen molar-refractivity contribution in [3.8, 4) is 56.6 Å². The van der Waals surface area contributed by atoms with Crippen molar-refractivity contribution in [2.24, 2.45) is 0 Å². The molecule has 9 aromatic carbocycles. The summed E-state index contributed by atoms with van der Waals surface area (Å²) >= 11 is 0. The quantitative estimate of drug-likeness (QED) is 0.137. The predicted octanol–water partition coefficient (Wildman–Crippen LogP) is 17.6. The first kappa shape index (κ1) is 44.7. The molecule has 0 heterocycles. The van der Waals surface area contributed by atoms with Crippen LogP contribution in [-0.2, 0) is 10.8 Å². The van der Waals surface area contributed by atoms with Gasteiger partial charge in [-0.25, -0.2) is 0 Å². The SMILES string of the molecule is CC(C)(C)c1c(C#N)c(C#N)c(N(c2ccc(-c3ccccc3)cc2)c2ccc(-c3ccccc3)cc2)c(N(c2ccc(-c3ccccc3)cc2)c2ccc(-c3ccccc3)cc2)c1C(C)(C)C. The summed E-state index contributed by atoms with van der Waals surface area (Å²) in [6.45, 7) is 13.1. The largest absolute Gasteiger partial charge is 0.308 e. The van der Waals surface area contributed by atoms with Crippen LogP contribution < -0.4 is 9.80 Å². The van der Waals surface area contributed by atoms with Crippen LogP contribution in [0.2, 0.25) is 0 Å². The molecular weight excluding hydrogens is 825 g/mol. The third-order valence-electron chi connectivity index (χ3n) is 12.5. The van der Waals surface area contributed by atoms with Crippen molar-refractivity contribution in [1.82, 2.24) is 0 Å². The van der Waals surface area contributed by atoms with Gasteiger partial charge in [-0.1, -0.05) is 211 Å². The van der Waals surface area contributed by atoms with Crippen LogP contribution in [0.5, 0.6) is 0 Å². The summed E-state index contributed by atoms with van der Waals surface area (Å²) in [6, 6.07) is 81.4. The van der Waals surface area contributed by atoms with Crippen molar-refractivity contribution in [3.05, 3.63) is 241 Å². The van der Waals surface area contributed by atoms with E-state index in [2.05, 4.69) is 258 Å². The topological polar surface area (TPSA) is 54.1 Å². The van der Waals surface area contributed by atoms with Crippen LogP contribution in [0.25, 0.3) is 44.5 Å². The van der Waals surface area contributed by atoms with Gasteiger partial charge in [0.25, 0.3) is 0 Å². The minimum atomic E-state index is -0.536. The van der Waals surface area contributed by atoms with Crippen LogP contribution in [0.15, 0.2) is 218 Å².